The summed E-state index contributed by atoms with van der Waals surface area (Å²) >= 11 is 5.15. The summed E-state index contributed by atoms with van der Waals surface area (Å²) in [6, 6.07) is 14.3. The summed E-state index contributed by atoms with van der Waals surface area (Å²) in [6.07, 6.45) is 0. The molecule has 2 atom stereocenters. The average molecular weight is 465 g/mol. The number of aryl methyl sites for hydroxylation is 2. The van der Waals surface area contributed by atoms with Gasteiger partial charge in [0, 0.05) is 15.9 Å². The first-order valence-electron chi connectivity index (χ1n) is 8.84. The maximum absolute atomic E-state index is 12.2. The second-order valence-electron chi connectivity index (χ2n) is 7.20. The van der Waals surface area contributed by atoms with Crippen molar-refractivity contribution in [3.63, 3.8) is 0 Å². The second-order valence-corrected chi connectivity index (χ2v) is 11.2. The van der Waals surface area contributed by atoms with Crippen molar-refractivity contribution < 1.29 is 8.42 Å². The van der Waals surface area contributed by atoms with Crippen molar-refractivity contribution in [2.75, 3.05) is 16.4 Å². The van der Waals surface area contributed by atoms with Gasteiger partial charge in [0.2, 0.25) is 0 Å². The van der Waals surface area contributed by atoms with Crippen LogP contribution in [0.15, 0.2) is 51.9 Å². The molecule has 1 fully saturated rings. The van der Waals surface area contributed by atoms with Crippen LogP contribution in [0.4, 0.5) is 5.69 Å². The first kappa shape index (κ1) is 19.0. The monoisotopic (exact) mass is 464 g/mol. The first-order chi connectivity index (χ1) is 12.8. The number of amidine groups is 1. The Morgan fingerprint density at radius 2 is 1.89 bits per heavy atom. The Labute approximate surface area is 173 Å². The predicted octanol–water partition coefficient (Wildman–Crippen LogP) is 4.34. The van der Waals surface area contributed by atoms with Crippen LogP contribution >= 0.6 is 27.7 Å². The van der Waals surface area contributed by atoms with E-state index in [1.807, 2.05) is 12.1 Å². The number of benzene rings is 2. The summed E-state index contributed by atoms with van der Waals surface area (Å²) in [6.45, 7) is 4.14. The van der Waals surface area contributed by atoms with E-state index in [1.54, 1.807) is 11.8 Å². The molecule has 2 heterocycles. The van der Waals surface area contributed by atoms with Gasteiger partial charge in [0.25, 0.3) is 0 Å². The van der Waals surface area contributed by atoms with Crippen LogP contribution in [-0.4, -0.2) is 37.2 Å². The van der Waals surface area contributed by atoms with Gasteiger partial charge in [-0.25, -0.2) is 8.42 Å². The molecule has 0 spiro atoms. The number of fused-ring (bicyclic) bond motifs is 1. The highest BCUT2D eigenvalue weighted by Crippen LogP contribution is 2.37. The fourth-order valence-corrected chi connectivity index (χ4v) is 6.80. The van der Waals surface area contributed by atoms with Crippen molar-refractivity contribution in [1.29, 1.82) is 0 Å². The predicted molar refractivity (Wildman–Crippen MR) is 117 cm³/mol. The van der Waals surface area contributed by atoms with Gasteiger partial charge in [0.1, 0.15) is 0 Å². The van der Waals surface area contributed by atoms with Crippen LogP contribution in [0, 0.1) is 13.8 Å². The number of nitrogens with zero attached hydrogens (tertiary/aromatic N) is 2. The number of thioether (sulfide) groups is 1. The summed E-state index contributed by atoms with van der Waals surface area (Å²) in [4.78, 5) is 6.99. The van der Waals surface area contributed by atoms with E-state index in [2.05, 4.69) is 65.0 Å². The van der Waals surface area contributed by atoms with Gasteiger partial charge in [-0.1, -0.05) is 52.0 Å². The van der Waals surface area contributed by atoms with Crippen LogP contribution in [0.2, 0.25) is 0 Å². The second kappa shape index (κ2) is 7.26. The van der Waals surface area contributed by atoms with E-state index >= 15 is 0 Å². The van der Waals surface area contributed by atoms with Crippen LogP contribution in [0.25, 0.3) is 0 Å². The minimum atomic E-state index is -3.03. The molecule has 0 N–H and O–H groups in total. The van der Waals surface area contributed by atoms with Gasteiger partial charge in [0.05, 0.1) is 23.6 Å². The fourth-order valence-electron chi connectivity index (χ4n) is 3.62. The Balaban J connectivity index is 1.65. The SMILES string of the molecule is Cc1ccc(C)c(N2C(SCc3ccc(Br)cc3)=NC3CS(=O)(=O)CC32)c1. The molecule has 7 heteroatoms. The van der Waals surface area contributed by atoms with Crippen LogP contribution in [0.1, 0.15) is 16.7 Å². The molecule has 0 bridgehead atoms. The molecule has 0 aliphatic carbocycles. The van der Waals surface area contributed by atoms with Gasteiger partial charge < -0.3 is 4.90 Å². The van der Waals surface area contributed by atoms with Crippen molar-refractivity contribution in [3.05, 3.63) is 63.6 Å². The maximum atomic E-state index is 12.2. The molecule has 0 radical (unpaired) electrons. The molecular formula is C20H21BrN2O2S2. The standard InChI is InChI=1S/C20H21BrN2O2S2/c1-13-3-4-14(2)18(9-13)23-19-12-27(24,25)11-17(19)22-20(23)26-10-15-5-7-16(21)8-6-15/h3-9,17,19H,10-12H2,1-2H3. The number of aliphatic imine (C=N–C) groups is 1. The molecule has 142 valence electrons. The third-order valence-electron chi connectivity index (χ3n) is 5.01. The minimum absolute atomic E-state index is 0.0945. The highest BCUT2D eigenvalue weighted by atomic mass is 79.9. The smallest absolute Gasteiger partial charge is 0.164 e. The van der Waals surface area contributed by atoms with E-state index < -0.39 is 9.84 Å². The minimum Gasteiger partial charge on any atom is -0.315 e. The van der Waals surface area contributed by atoms with E-state index in [0.29, 0.717) is 0 Å². The van der Waals surface area contributed by atoms with E-state index in [9.17, 15) is 8.42 Å². The molecule has 0 amide bonds. The molecule has 2 aliphatic rings. The van der Waals surface area contributed by atoms with Crippen molar-refractivity contribution in [1.82, 2.24) is 0 Å². The maximum Gasteiger partial charge on any atom is 0.164 e. The van der Waals surface area contributed by atoms with Gasteiger partial charge in [-0.15, -0.1) is 0 Å². The molecule has 2 aromatic carbocycles. The molecule has 0 aromatic heterocycles. The Bertz CT molecular complexity index is 1000. The van der Waals surface area contributed by atoms with Gasteiger partial charge in [0.15, 0.2) is 15.0 Å². The number of anilines is 1. The third kappa shape index (κ3) is 3.96. The lowest BCUT2D eigenvalue weighted by Crippen LogP contribution is -2.39. The molecule has 27 heavy (non-hydrogen) atoms. The highest BCUT2D eigenvalue weighted by molar-refractivity contribution is 9.10. The molecule has 0 saturated carbocycles. The van der Waals surface area contributed by atoms with Gasteiger partial charge in [-0.3, -0.25) is 4.99 Å². The lowest BCUT2D eigenvalue weighted by atomic mass is 10.1. The molecule has 2 aliphatic heterocycles. The summed E-state index contributed by atoms with van der Waals surface area (Å²) < 4.78 is 25.4. The van der Waals surface area contributed by atoms with E-state index in [0.717, 1.165) is 32.2 Å². The average Bonchev–Trinajstić information content (AvgIpc) is 3.08. The fraction of sp³-hybridized carbons (Fsp3) is 0.350. The lowest BCUT2D eigenvalue weighted by Gasteiger charge is -2.28. The Morgan fingerprint density at radius 3 is 2.63 bits per heavy atom. The summed E-state index contributed by atoms with van der Waals surface area (Å²) in [7, 11) is -3.03. The Morgan fingerprint density at radius 1 is 1.15 bits per heavy atom. The van der Waals surface area contributed by atoms with Crippen molar-refractivity contribution >= 4 is 48.4 Å². The molecular weight excluding hydrogens is 444 g/mol. The first-order valence-corrected chi connectivity index (χ1v) is 12.4. The zero-order valence-electron chi connectivity index (χ0n) is 15.2. The third-order valence-corrected chi connectivity index (χ3v) is 8.28. The van der Waals surface area contributed by atoms with Gasteiger partial charge in [-0.05, 0) is 48.7 Å². The van der Waals surface area contributed by atoms with Crippen LogP contribution in [0.5, 0.6) is 0 Å². The number of halogens is 1. The topological polar surface area (TPSA) is 49.7 Å². The Kier molecular flexibility index (Phi) is 5.12. The molecule has 2 unspecified atom stereocenters. The van der Waals surface area contributed by atoms with Crippen molar-refractivity contribution in [3.8, 4) is 0 Å². The van der Waals surface area contributed by atoms with Crippen LogP contribution in [0.3, 0.4) is 0 Å². The Hall–Kier alpha value is -1.31. The van der Waals surface area contributed by atoms with Crippen molar-refractivity contribution in [2.45, 2.75) is 31.7 Å². The quantitative estimate of drug-likeness (QED) is 0.677. The molecule has 2 aromatic rings. The highest BCUT2D eigenvalue weighted by Gasteiger charge is 2.47. The van der Waals surface area contributed by atoms with E-state index in [1.165, 1.54) is 5.56 Å². The number of hydrogen-bond acceptors (Lipinski definition) is 5. The molecule has 4 nitrogen and oxygen atoms in total. The molecule has 1 saturated heterocycles. The largest absolute Gasteiger partial charge is 0.315 e. The van der Waals surface area contributed by atoms with Gasteiger partial charge >= 0.3 is 0 Å². The van der Waals surface area contributed by atoms with Crippen molar-refractivity contribution in [2.24, 2.45) is 4.99 Å². The number of hydrogen-bond donors (Lipinski definition) is 0. The zero-order valence-corrected chi connectivity index (χ0v) is 18.4. The van der Waals surface area contributed by atoms with Crippen LogP contribution in [-0.2, 0) is 15.6 Å². The van der Waals surface area contributed by atoms with E-state index in [-0.39, 0.29) is 23.6 Å². The zero-order chi connectivity index (χ0) is 19.2. The normalized spacial score (nSPS) is 23.4. The van der Waals surface area contributed by atoms with Crippen LogP contribution < -0.4 is 4.90 Å². The summed E-state index contributed by atoms with van der Waals surface area (Å²) in [5.74, 6) is 1.14. The number of sulfone groups is 1. The summed E-state index contributed by atoms with van der Waals surface area (Å²) in [5, 5.41) is 0.927. The summed E-state index contributed by atoms with van der Waals surface area (Å²) in [5.41, 5.74) is 4.60. The lowest BCUT2D eigenvalue weighted by molar-refractivity contribution is 0.601. The number of rotatable bonds is 3. The van der Waals surface area contributed by atoms with Gasteiger partial charge in [-0.2, -0.15) is 0 Å². The van der Waals surface area contributed by atoms with E-state index in [4.69, 9.17) is 4.99 Å². The molecule has 4 rings (SSSR count).